The summed E-state index contributed by atoms with van der Waals surface area (Å²) in [5, 5.41) is 0. The molecule has 0 atom stereocenters. The lowest BCUT2D eigenvalue weighted by atomic mass is 9.68. The van der Waals surface area contributed by atoms with Crippen molar-refractivity contribution in [2.75, 3.05) is 7.11 Å². The average Bonchev–Trinajstić information content (AvgIpc) is 3.13. The fourth-order valence-corrected chi connectivity index (χ4v) is 5.06. The molecule has 0 fully saturated rings. The van der Waals surface area contributed by atoms with Gasteiger partial charge in [-0.05, 0) is 58.7 Å². The van der Waals surface area contributed by atoms with Crippen LogP contribution in [0.4, 0.5) is 0 Å². The lowest BCUT2D eigenvalue weighted by Gasteiger charge is -2.33. The van der Waals surface area contributed by atoms with Gasteiger partial charge in [-0.3, -0.25) is 0 Å². The number of hydrogen-bond acceptors (Lipinski definition) is 1. The number of hydrogen-bond donors (Lipinski definition) is 0. The van der Waals surface area contributed by atoms with Crippen LogP contribution in [0.15, 0.2) is 72.8 Å². The average molecular weight is 312 g/mol. The van der Waals surface area contributed by atoms with E-state index >= 15 is 0 Å². The summed E-state index contributed by atoms with van der Waals surface area (Å²) in [4.78, 5) is 0. The monoisotopic (exact) mass is 312 g/mol. The van der Waals surface area contributed by atoms with Crippen molar-refractivity contribution in [3.05, 3.63) is 101 Å². The van der Waals surface area contributed by atoms with Crippen molar-refractivity contribution in [3.8, 4) is 5.75 Å². The predicted octanol–water partition coefficient (Wildman–Crippen LogP) is 4.76. The van der Waals surface area contributed by atoms with Gasteiger partial charge in [-0.2, -0.15) is 0 Å². The molecule has 1 heteroatoms. The Kier molecular flexibility index (Phi) is 2.87. The number of benzene rings is 3. The molecule has 0 amide bonds. The SMILES string of the molecule is COc1ccc(C23c4ccccc4CC2Cc2ccccc23)cc1. The summed E-state index contributed by atoms with van der Waals surface area (Å²) in [6.07, 6.45) is 2.33. The molecular weight excluding hydrogens is 292 g/mol. The van der Waals surface area contributed by atoms with Crippen LogP contribution in [0.1, 0.15) is 27.8 Å². The van der Waals surface area contributed by atoms with E-state index in [4.69, 9.17) is 4.74 Å². The van der Waals surface area contributed by atoms with Crippen LogP contribution in [0.2, 0.25) is 0 Å². The van der Waals surface area contributed by atoms with Gasteiger partial charge in [0.25, 0.3) is 0 Å². The summed E-state index contributed by atoms with van der Waals surface area (Å²) >= 11 is 0. The summed E-state index contributed by atoms with van der Waals surface area (Å²) in [7, 11) is 1.73. The van der Waals surface area contributed by atoms with Crippen LogP contribution < -0.4 is 4.74 Å². The fraction of sp³-hybridized carbons (Fsp3) is 0.217. The molecule has 0 radical (unpaired) electrons. The van der Waals surface area contributed by atoms with Crippen molar-refractivity contribution in [1.82, 2.24) is 0 Å². The van der Waals surface area contributed by atoms with E-state index in [9.17, 15) is 0 Å². The normalized spacial score (nSPS) is 23.5. The predicted molar refractivity (Wildman–Crippen MR) is 96.7 cm³/mol. The Morgan fingerprint density at radius 3 is 1.83 bits per heavy atom. The van der Waals surface area contributed by atoms with Crippen molar-refractivity contribution in [3.63, 3.8) is 0 Å². The number of fused-ring (bicyclic) bond motifs is 5. The first-order valence-electron chi connectivity index (χ1n) is 8.65. The Labute approximate surface area is 142 Å². The van der Waals surface area contributed by atoms with E-state index in [1.807, 2.05) is 0 Å². The van der Waals surface area contributed by atoms with E-state index in [-0.39, 0.29) is 5.41 Å². The lowest BCUT2D eigenvalue weighted by molar-refractivity contribution is 0.412. The Balaban J connectivity index is 1.82. The Morgan fingerprint density at radius 1 is 0.750 bits per heavy atom. The number of rotatable bonds is 2. The topological polar surface area (TPSA) is 9.23 Å². The zero-order valence-corrected chi connectivity index (χ0v) is 13.8. The van der Waals surface area contributed by atoms with E-state index in [0.29, 0.717) is 5.92 Å². The second-order valence-corrected chi connectivity index (χ2v) is 6.96. The van der Waals surface area contributed by atoms with Gasteiger partial charge >= 0.3 is 0 Å². The van der Waals surface area contributed by atoms with Crippen LogP contribution in [0.25, 0.3) is 0 Å². The van der Waals surface area contributed by atoms with Crippen molar-refractivity contribution in [2.45, 2.75) is 18.3 Å². The second-order valence-electron chi connectivity index (χ2n) is 6.96. The summed E-state index contributed by atoms with van der Waals surface area (Å²) in [6.45, 7) is 0. The van der Waals surface area contributed by atoms with Gasteiger partial charge in [0.1, 0.15) is 5.75 Å². The first-order valence-corrected chi connectivity index (χ1v) is 8.65. The molecule has 2 aliphatic rings. The molecule has 3 aromatic carbocycles. The zero-order chi connectivity index (χ0) is 16.1. The molecule has 0 unspecified atom stereocenters. The van der Waals surface area contributed by atoms with Crippen LogP contribution >= 0.6 is 0 Å². The fourth-order valence-electron chi connectivity index (χ4n) is 5.06. The molecule has 118 valence electrons. The summed E-state index contributed by atoms with van der Waals surface area (Å²) in [6, 6.07) is 26.7. The van der Waals surface area contributed by atoms with Gasteiger partial charge in [-0.25, -0.2) is 0 Å². The molecule has 0 N–H and O–H groups in total. The molecule has 3 aromatic rings. The van der Waals surface area contributed by atoms with Crippen molar-refractivity contribution in [2.24, 2.45) is 5.92 Å². The summed E-state index contributed by atoms with van der Waals surface area (Å²) in [5.74, 6) is 1.53. The Hall–Kier alpha value is -2.54. The quantitative estimate of drug-likeness (QED) is 0.663. The third kappa shape index (κ3) is 1.65. The first kappa shape index (κ1) is 13.9. The minimum absolute atomic E-state index is 0.000538. The maximum absolute atomic E-state index is 5.38. The third-order valence-electron chi connectivity index (χ3n) is 5.97. The molecule has 0 aromatic heterocycles. The summed E-state index contributed by atoms with van der Waals surface area (Å²) < 4.78 is 5.38. The van der Waals surface area contributed by atoms with Crippen LogP contribution in [-0.2, 0) is 18.3 Å². The standard InChI is InChI=1S/C23H20O/c1-24-20-12-10-18(11-13-20)23-19(14-16-6-2-4-8-21(16)23)15-17-7-3-5-9-22(17)23/h2-13,19H,14-15H2,1H3. The second kappa shape index (κ2) is 4.98. The van der Waals surface area contributed by atoms with Crippen molar-refractivity contribution >= 4 is 0 Å². The van der Waals surface area contributed by atoms with E-state index in [1.54, 1.807) is 7.11 Å². The largest absolute Gasteiger partial charge is 0.497 e. The van der Waals surface area contributed by atoms with E-state index < -0.39 is 0 Å². The molecule has 0 heterocycles. The first-order chi connectivity index (χ1) is 11.8. The summed E-state index contributed by atoms with van der Waals surface area (Å²) in [5.41, 5.74) is 7.39. The van der Waals surface area contributed by atoms with Crippen LogP contribution in [0, 0.1) is 5.92 Å². The van der Waals surface area contributed by atoms with Crippen molar-refractivity contribution in [1.29, 1.82) is 0 Å². The highest BCUT2D eigenvalue weighted by Gasteiger charge is 2.53. The van der Waals surface area contributed by atoms with Gasteiger partial charge < -0.3 is 4.74 Å². The minimum Gasteiger partial charge on any atom is -0.497 e. The van der Waals surface area contributed by atoms with E-state index in [0.717, 1.165) is 18.6 Å². The Bertz CT molecular complexity index is 858. The van der Waals surface area contributed by atoms with Gasteiger partial charge in [0.05, 0.1) is 7.11 Å². The van der Waals surface area contributed by atoms with E-state index in [2.05, 4.69) is 72.8 Å². The zero-order valence-electron chi connectivity index (χ0n) is 13.8. The molecular formula is C23H20O. The molecule has 2 aliphatic carbocycles. The maximum atomic E-state index is 5.38. The van der Waals surface area contributed by atoms with Crippen LogP contribution in [-0.4, -0.2) is 7.11 Å². The van der Waals surface area contributed by atoms with Gasteiger partial charge in [-0.1, -0.05) is 60.7 Å². The molecule has 24 heavy (non-hydrogen) atoms. The highest BCUT2D eigenvalue weighted by molar-refractivity contribution is 5.63. The van der Waals surface area contributed by atoms with Gasteiger partial charge in [0, 0.05) is 5.41 Å². The van der Waals surface area contributed by atoms with Crippen LogP contribution in [0.3, 0.4) is 0 Å². The maximum Gasteiger partial charge on any atom is 0.118 e. The van der Waals surface area contributed by atoms with Crippen LogP contribution in [0.5, 0.6) is 5.75 Å². The van der Waals surface area contributed by atoms with Crippen molar-refractivity contribution < 1.29 is 4.74 Å². The number of ether oxygens (including phenoxy) is 1. The van der Waals surface area contributed by atoms with Gasteiger partial charge in [-0.15, -0.1) is 0 Å². The highest BCUT2D eigenvalue weighted by atomic mass is 16.5. The highest BCUT2D eigenvalue weighted by Crippen LogP contribution is 2.58. The molecule has 5 rings (SSSR count). The Morgan fingerprint density at radius 2 is 1.29 bits per heavy atom. The molecule has 0 saturated heterocycles. The molecule has 0 saturated carbocycles. The van der Waals surface area contributed by atoms with Gasteiger partial charge in [0.2, 0.25) is 0 Å². The molecule has 0 aliphatic heterocycles. The molecule has 0 spiro atoms. The number of methoxy groups -OCH3 is 1. The minimum atomic E-state index is -0.000538. The third-order valence-corrected chi connectivity index (χ3v) is 5.97. The van der Waals surface area contributed by atoms with Gasteiger partial charge in [0.15, 0.2) is 0 Å². The smallest absolute Gasteiger partial charge is 0.118 e. The molecule has 1 nitrogen and oxygen atoms in total. The van der Waals surface area contributed by atoms with E-state index in [1.165, 1.54) is 27.8 Å². The molecule has 0 bridgehead atoms. The lowest BCUT2D eigenvalue weighted by Crippen LogP contribution is -2.30.